The molecule has 4 aromatic rings. The number of nitrogens with zero attached hydrogens (tertiary/aromatic N) is 3. The third-order valence-corrected chi connectivity index (χ3v) is 7.63. The topological polar surface area (TPSA) is 108 Å². The number of aryl methyl sites for hydroxylation is 2. The van der Waals surface area contributed by atoms with Gasteiger partial charge in [-0.05, 0) is 85.7 Å². The van der Waals surface area contributed by atoms with E-state index in [2.05, 4.69) is 20.3 Å². The molecule has 3 heterocycles. The molecule has 7 nitrogen and oxygen atoms in total. The van der Waals surface area contributed by atoms with Crippen molar-refractivity contribution >= 4 is 28.9 Å². The summed E-state index contributed by atoms with van der Waals surface area (Å²) >= 11 is 1.27. The van der Waals surface area contributed by atoms with Gasteiger partial charge in [0.1, 0.15) is 22.2 Å². The third-order valence-electron chi connectivity index (χ3n) is 6.46. The maximum atomic E-state index is 13.1. The van der Waals surface area contributed by atoms with E-state index in [1.165, 1.54) is 17.4 Å². The van der Waals surface area contributed by atoms with Gasteiger partial charge in [-0.15, -0.1) is 11.3 Å². The number of benzene rings is 1. The van der Waals surface area contributed by atoms with Crippen LogP contribution in [0.25, 0.3) is 10.6 Å². The van der Waals surface area contributed by atoms with Crippen LogP contribution in [-0.4, -0.2) is 31.1 Å². The van der Waals surface area contributed by atoms with E-state index in [-0.39, 0.29) is 11.4 Å². The van der Waals surface area contributed by atoms with Crippen molar-refractivity contribution < 1.29 is 28.2 Å². The molecule has 0 amide bonds. The molecule has 5 rings (SSSR count). The van der Waals surface area contributed by atoms with Gasteiger partial charge in [0.05, 0.1) is 21.7 Å². The van der Waals surface area contributed by atoms with Crippen molar-refractivity contribution in [2.75, 3.05) is 5.32 Å². The van der Waals surface area contributed by atoms with E-state index >= 15 is 0 Å². The average Bonchev–Trinajstić information content (AvgIpc) is 3.30. The van der Waals surface area contributed by atoms with E-state index in [0.717, 1.165) is 42.3 Å². The monoisotopic (exact) mass is 540 g/mol. The summed E-state index contributed by atoms with van der Waals surface area (Å²) in [5.41, 5.74) is 0.778. The second-order valence-corrected chi connectivity index (χ2v) is 10.3. The van der Waals surface area contributed by atoms with E-state index in [4.69, 9.17) is 0 Å². The number of aliphatic hydroxyl groups is 1. The molecule has 1 aliphatic rings. The van der Waals surface area contributed by atoms with Crippen molar-refractivity contribution in [3.05, 3.63) is 87.7 Å². The number of anilines is 2. The lowest BCUT2D eigenvalue weighted by Crippen LogP contribution is -2.27. The zero-order chi connectivity index (χ0) is 27.1. The number of carboxylic acids is 1. The Labute approximate surface area is 220 Å². The number of aromatic nitrogens is 3. The molecule has 0 radical (unpaired) electrons. The number of fused-ring (bicyclic) bond motifs is 1. The van der Waals surface area contributed by atoms with Gasteiger partial charge in [0, 0.05) is 12.4 Å². The van der Waals surface area contributed by atoms with E-state index in [9.17, 15) is 28.2 Å². The zero-order valence-electron chi connectivity index (χ0n) is 20.2. The van der Waals surface area contributed by atoms with Crippen LogP contribution in [0.2, 0.25) is 0 Å². The minimum atomic E-state index is -4.49. The van der Waals surface area contributed by atoms with Gasteiger partial charge >= 0.3 is 12.1 Å². The molecule has 11 heteroatoms. The fraction of sp³-hybridized carbons (Fsp3) is 0.259. The molecule has 0 fully saturated rings. The van der Waals surface area contributed by atoms with Gasteiger partial charge in [-0.1, -0.05) is 6.07 Å². The average molecular weight is 541 g/mol. The molecule has 0 aliphatic heterocycles. The number of hydrogen-bond acceptors (Lipinski definition) is 7. The van der Waals surface area contributed by atoms with Crippen LogP contribution in [0, 0.1) is 6.92 Å². The molecular formula is C27H23F3N4O3S. The van der Waals surface area contributed by atoms with Crippen LogP contribution in [0.1, 0.15) is 56.9 Å². The number of hydrogen-bond donors (Lipinski definition) is 3. The predicted molar refractivity (Wildman–Crippen MR) is 137 cm³/mol. The van der Waals surface area contributed by atoms with E-state index in [1.807, 2.05) is 13.0 Å². The number of carbonyl (C=O) groups is 1. The molecule has 38 heavy (non-hydrogen) atoms. The summed E-state index contributed by atoms with van der Waals surface area (Å²) in [7, 11) is 0. The number of halogens is 3. The Balaban J connectivity index is 1.47. The second kappa shape index (κ2) is 9.80. The molecule has 3 aromatic heterocycles. The standard InChI is InChI=1S/C27H23F3N4O3S/c1-15-10-20(33-23(11-15)34-22-13-18(7-9-31-22)27(28,29)30)21-14-32-25(38-21)26(37)8-3-2-4-16-12-17(24(35)36)5-6-19(16)26/h5-7,9-14,37H,2-4,8H2,1H3,(H,35,36)(H,31,33,34)/t26-/m1/s1. The molecule has 0 saturated heterocycles. The van der Waals surface area contributed by atoms with Gasteiger partial charge in [-0.2, -0.15) is 13.2 Å². The lowest BCUT2D eigenvalue weighted by atomic mass is 9.87. The van der Waals surface area contributed by atoms with Crippen LogP contribution in [0.15, 0.2) is 54.9 Å². The highest BCUT2D eigenvalue weighted by atomic mass is 32.1. The number of aromatic carboxylic acids is 1. The number of nitrogens with one attached hydrogen (secondary N) is 1. The Morgan fingerprint density at radius 3 is 2.66 bits per heavy atom. The molecule has 1 aromatic carbocycles. The first kappa shape index (κ1) is 25.8. The van der Waals surface area contributed by atoms with E-state index < -0.39 is 23.3 Å². The molecular weight excluding hydrogens is 517 g/mol. The second-order valence-electron chi connectivity index (χ2n) is 9.24. The van der Waals surface area contributed by atoms with Crippen LogP contribution in [0.3, 0.4) is 0 Å². The minimum Gasteiger partial charge on any atom is -0.478 e. The number of rotatable bonds is 5. The Morgan fingerprint density at radius 2 is 1.89 bits per heavy atom. The molecule has 1 atom stereocenters. The van der Waals surface area contributed by atoms with Gasteiger partial charge in [0.25, 0.3) is 0 Å². The lowest BCUT2D eigenvalue weighted by molar-refractivity contribution is -0.137. The van der Waals surface area contributed by atoms with Gasteiger partial charge < -0.3 is 15.5 Å². The first-order chi connectivity index (χ1) is 18.0. The Hall–Kier alpha value is -3.83. The van der Waals surface area contributed by atoms with Gasteiger partial charge in [-0.25, -0.2) is 19.7 Å². The fourth-order valence-corrected chi connectivity index (χ4v) is 5.65. The van der Waals surface area contributed by atoms with Crippen molar-refractivity contribution in [3.8, 4) is 10.6 Å². The van der Waals surface area contributed by atoms with Gasteiger partial charge in [-0.3, -0.25) is 0 Å². The summed E-state index contributed by atoms with van der Waals surface area (Å²) in [5.74, 6) is -0.687. The first-order valence-corrected chi connectivity index (χ1v) is 12.7. The van der Waals surface area contributed by atoms with Crippen molar-refractivity contribution in [2.24, 2.45) is 0 Å². The van der Waals surface area contributed by atoms with Crippen LogP contribution < -0.4 is 5.32 Å². The van der Waals surface area contributed by atoms with E-state index in [1.54, 1.807) is 24.4 Å². The summed E-state index contributed by atoms with van der Waals surface area (Å²) in [6.45, 7) is 1.84. The van der Waals surface area contributed by atoms with Crippen molar-refractivity contribution in [1.29, 1.82) is 0 Å². The molecule has 0 bridgehead atoms. The highest BCUT2D eigenvalue weighted by molar-refractivity contribution is 7.15. The van der Waals surface area contributed by atoms with Crippen LogP contribution in [-0.2, 0) is 18.2 Å². The SMILES string of the molecule is Cc1cc(Nc2cc(C(F)(F)F)ccn2)nc(-c2cnc([C@@]3(O)CCCCc4cc(C(=O)O)ccc43)s2)c1. The van der Waals surface area contributed by atoms with Gasteiger partial charge in [0.15, 0.2) is 0 Å². The summed E-state index contributed by atoms with van der Waals surface area (Å²) in [6, 6.07) is 10.1. The molecule has 0 unspecified atom stereocenters. The first-order valence-electron chi connectivity index (χ1n) is 11.9. The summed E-state index contributed by atoms with van der Waals surface area (Å²) in [5, 5.41) is 24.5. The molecule has 0 spiro atoms. The van der Waals surface area contributed by atoms with Crippen LogP contribution in [0.4, 0.5) is 24.8 Å². The van der Waals surface area contributed by atoms with Crippen LogP contribution in [0.5, 0.6) is 0 Å². The molecule has 1 aliphatic carbocycles. The predicted octanol–water partition coefficient (Wildman–Crippen LogP) is 6.33. The molecule has 196 valence electrons. The highest BCUT2D eigenvalue weighted by Crippen LogP contribution is 2.43. The number of pyridine rings is 2. The van der Waals surface area contributed by atoms with E-state index in [0.29, 0.717) is 39.8 Å². The molecule has 0 saturated carbocycles. The fourth-order valence-electron chi connectivity index (χ4n) is 4.64. The number of thiazole rings is 1. The van der Waals surface area contributed by atoms with Crippen molar-refractivity contribution in [1.82, 2.24) is 15.0 Å². The van der Waals surface area contributed by atoms with Crippen LogP contribution >= 0.6 is 11.3 Å². The molecule has 3 N–H and O–H groups in total. The maximum absolute atomic E-state index is 13.1. The number of alkyl halides is 3. The Bertz CT molecular complexity index is 1520. The maximum Gasteiger partial charge on any atom is 0.416 e. The summed E-state index contributed by atoms with van der Waals surface area (Å²) in [4.78, 5) is 25.2. The summed E-state index contributed by atoms with van der Waals surface area (Å²) in [6.07, 6.45) is 0.863. The largest absolute Gasteiger partial charge is 0.478 e. The zero-order valence-corrected chi connectivity index (χ0v) is 21.0. The quantitative estimate of drug-likeness (QED) is 0.254. The number of carboxylic acid groups (broad SMARTS) is 1. The third kappa shape index (κ3) is 5.11. The smallest absolute Gasteiger partial charge is 0.416 e. The highest BCUT2D eigenvalue weighted by Gasteiger charge is 2.38. The van der Waals surface area contributed by atoms with Crippen molar-refractivity contribution in [3.63, 3.8) is 0 Å². The van der Waals surface area contributed by atoms with Gasteiger partial charge in [0.2, 0.25) is 0 Å². The lowest BCUT2D eigenvalue weighted by Gasteiger charge is -2.27. The van der Waals surface area contributed by atoms with Crippen molar-refractivity contribution in [2.45, 2.75) is 44.4 Å². The normalized spacial score (nSPS) is 17.5. The summed E-state index contributed by atoms with van der Waals surface area (Å²) < 4.78 is 39.3. The Kier molecular flexibility index (Phi) is 6.66. The minimum absolute atomic E-state index is 0.0129. The Morgan fingerprint density at radius 1 is 1.08 bits per heavy atom.